The maximum Gasteiger partial charge on any atom is 0.326 e. The van der Waals surface area contributed by atoms with Crippen molar-refractivity contribution < 1.29 is 40.6 Å². The molecule has 0 heterocycles. The summed E-state index contributed by atoms with van der Waals surface area (Å²) in [6, 6.07) is 0. The van der Waals surface area contributed by atoms with Gasteiger partial charge in [0.05, 0.1) is 0 Å². The van der Waals surface area contributed by atoms with Crippen LogP contribution in [0.25, 0.3) is 0 Å². The van der Waals surface area contributed by atoms with E-state index in [-0.39, 0.29) is 0 Å². The van der Waals surface area contributed by atoms with Crippen LogP contribution in [-0.2, 0) is 4.79 Å². The lowest BCUT2D eigenvalue weighted by Gasteiger charge is -2.27. The van der Waals surface area contributed by atoms with Crippen molar-refractivity contribution in [3.63, 3.8) is 0 Å². The van der Waals surface area contributed by atoms with E-state index in [1.54, 1.807) is 0 Å². The van der Waals surface area contributed by atoms with Gasteiger partial charge in [-0.1, -0.05) is 0 Å². The van der Waals surface area contributed by atoms with E-state index in [0.717, 1.165) is 0 Å². The van der Waals surface area contributed by atoms with Gasteiger partial charge in [0.25, 0.3) is 5.92 Å². The maximum absolute atomic E-state index is 12.4. The summed E-state index contributed by atoms with van der Waals surface area (Å²) in [6.45, 7) is -2.76. The zero-order valence-corrected chi connectivity index (χ0v) is 6.86. The lowest BCUT2D eigenvalue weighted by atomic mass is 9.95. The zero-order chi connectivity index (χ0) is 12.4. The van der Waals surface area contributed by atoms with E-state index >= 15 is 0 Å². The summed E-state index contributed by atoms with van der Waals surface area (Å²) in [5.74, 6) is -17.5. The number of carboxylic acid groups (broad SMARTS) is 1. The molecule has 2 nitrogen and oxygen atoms in total. The first kappa shape index (κ1) is 14.0. The molecule has 0 aromatic rings. The first-order valence-electron chi connectivity index (χ1n) is 3.40. The van der Waals surface area contributed by atoms with Crippen LogP contribution in [-0.4, -0.2) is 36.0 Å². The first-order valence-corrected chi connectivity index (χ1v) is 3.40. The van der Waals surface area contributed by atoms with E-state index in [9.17, 15) is 35.5 Å². The minimum absolute atomic E-state index is 2.76. The molecule has 0 aliphatic rings. The minimum atomic E-state index is -5.50. The van der Waals surface area contributed by atoms with Crippen LogP contribution in [0.1, 0.15) is 0 Å². The predicted molar refractivity (Wildman–Crippen MR) is 33.0 cm³/mol. The number of hydrogen-bond acceptors (Lipinski definition) is 1. The molecule has 0 rings (SSSR count). The molecule has 0 amide bonds. The van der Waals surface area contributed by atoms with Crippen molar-refractivity contribution in [3.8, 4) is 0 Å². The molecule has 1 N–H and O–H groups in total. The van der Waals surface area contributed by atoms with Crippen LogP contribution in [0.4, 0.5) is 30.7 Å². The van der Waals surface area contributed by atoms with Gasteiger partial charge >= 0.3 is 18.3 Å². The third-order valence-electron chi connectivity index (χ3n) is 1.52. The Morgan fingerprint density at radius 3 is 1.80 bits per heavy atom. The number of halogens is 7. The largest absolute Gasteiger partial charge is 0.481 e. The number of hydrogen-bond donors (Lipinski definition) is 1. The van der Waals surface area contributed by atoms with E-state index in [4.69, 9.17) is 5.11 Å². The highest BCUT2D eigenvalue weighted by molar-refractivity contribution is 5.72. The van der Waals surface area contributed by atoms with E-state index in [1.807, 2.05) is 0 Å². The van der Waals surface area contributed by atoms with Crippen molar-refractivity contribution in [2.24, 2.45) is 5.92 Å². The Hall–Kier alpha value is -1.02. The lowest BCUT2D eigenvalue weighted by molar-refractivity contribution is -0.234. The van der Waals surface area contributed by atoms with Crippen molar-refractivity contribution in [3.05, 3.63) is 0 Å². The summed E-state index contributed by atoms with van der Waals surface area (Å²) < 4.78 is 84.3. The maximum atomic E-state index is 12.4. The van der Waals surface area contributed by atoms with Gasteiger partial charge in [0.15, 0.2) is 12.6 Å². The van der Waals surface area contributed by atoms with E-state index in [1.165, 1.54) is 0 Å². The standard InChI is InChI=1S/C6H5F7O2/c7-1-5(10,11)2(3(14)15)6(12,13)4(8)9/h2,4H,1H2,(H,14,15). The molecule has 0 aromatic heterocycles. The topological polar surface area (TPSA) is 37.3 Å². The normalized spacial score (nSPS) is 15.5. The molecule has 90 valence electrons. The van der Waals surface area contributed by atoms with E-state index in [2.05, 4.69) is 0 Å². The molecule has 0 radical (unpaired) electrons. The average Bonchev–Trinajstić information content (AvgIpc) is 2.01. The summed E-state index contributed by atoms with van der Waals surface area (Å²) in [5, 5.41) is 7.96. The molecule has 1 unspecified atom stereocenters. The molecule has 0 spiro atoms. The van der Waals surface area contributed by atoms with Crippen molar-refractivity contribution in [1.82, 2.24) is 0 Å². The highest BCUT2D eigenvalue weighted by atomic mass is 19.3. The lowest BCUT2D eigenvalue weighted by Crippen LogP contribution is -2.51. The molecular weight excluding hydrogens is 237 g/mol. The SMILES string of the molecule is O=C(O)C(C(F)(F)CF)C(F)(F)C(F)F. The molecule has 15 heavy (non-hydrogen) atoms. The molecular formula is C6H5F7O2. The highest BCUT2D eigenvalue weighted by Gasteiger charge is 2.64. The number of aliphatic carboxylic acids is 1. The van der Waals surface area contributed by atoms with Crippen molar-refractivity contribution >= 4 is 5.97 Å². The molecule has 0 bridgehead atoms. The van der Waals surface area contributed by atoms with Gasteiger partial charge in [0, 0.05) is 0 Å². The summed E-state index contributed by atoms with van der Waals surface area (Å²) in [6.07, 6.45) is -4.61. The number of carbonyl (C=O) groups is 1. The van der Waals surface area contributed by atoms with E-state index < -0.39 is 36.8 Å². The van der Waals surface area contributed by atoms with Crippen molar-refractivity contribution in [2.75, 3.05) is 6.67 Å². The fraction of sp³-hybridized carbons (Fsp3) is 0.833. The number of alkyl halides is 7. The zero-order valence-electron chi connectivity index (χ0n) is 6.86. The molecule has 0 aliphatic heterocycles. The molecule has 9 heteroatoms. The molecule has 1 atom stereocenters. The van der Waals surface area contributed by atoms with Gasteiger partial charge in [-0.05, 0) is 0 Å². The first-order chi connectivity index (χ1) is 6.57. The fourth-order valence-electron chi connectivity index (χ4n) is 0.830. The second-order valence-corrected chi connectivity index (χ2v) is 2.64. The smallest absolute Gasteiger partial charge is 0.326 e. The van der Waals surface area contributed by atoms with Crippen LogP contribution in [0.3, 0.4) is 0 Å². The van der Waals surface area contributed by atoms with Crippen molar-refractivity contribution in [2.45, 2.75) is 18.3 Å². The van der Waals surface area contributed by atoms with Gasteiger partial charge < -0.3 is 5.11 Å². The number of rotatable bonds is 5. The molecule has 0 fully saturated rings. The second kappa shape index (κ2) is 4.23. The van der Waals surface area contributed by atoms with Crippen molar-refractivity contribution in [1.29, 1.82) is 0 Å². The van der Waals surface area contributed by atoms with Crippen LogP contribution >= 0.6 is 0 Å². The average molecular weight is 242 g/mol. The van der Waals surface area contributed by atoms with Gasteiger partial charge in [-0.25, -0.2) is 22.0 Å². The summed E-state index contributed by atoms with van der Waals surface area (Å²) >= 11 is 0. The van der Waals surface area contributed by atoms with Gasteiger partial charge in [-0.2, -0.15) is 8.78 Å². The Labute approximate surface area is 78.7 Å². The second-order valence-electron chi connectivity index (χ2n) is 2.64. The Morgan fingerprint density at radius 2 is 1.60 bits per heavy atom. The monoisotopic (exact) mass is 242 g/mol. The van der Waals surface area contributed by atoms with Crippen LogP contribution in [0.15, 0.2) is 0 Å². The van der Waals surface area contributed by atoms with Crippen LogP contribution in [0.2, 0.25) is 0 Å². The Bertz CT molecular complexity index is 240. The summed E-state index contributed by atoms with van der Waals surface area (Å²) in [5.41, 5.74) is 0. The predicted octanol–water partition coefficient (Wildman–Crippen LogP) is 2.19. The highest BCUT2D eigenvalue weighted by Crippen LogP contribution is 2.41. The number of carboxylic acids is 1. The molecule has 0 aliphatic carbocycles. The van der Waals surface area contributed by atoms with Gasteiger partial charge in [-0.3, -0.25) is 4.79 Å². The van der Waals surface area contributed by atoms with Crippen LogP contribution in [0.5, 0.6) is 0 Å². The molecule has 0 aromatic carbocycles. The Morgan fingerprint density at radius 1 is 1.20 bits per heavy atom. The Kier molecular flexibility index (Phi) is 3.94. The van der Waals surface area contributed by atoms with Gasteiger partial charge in [-0.15, -0.1) is 0 Å². The van der Waals surface area contributed by atoms with Gasteiger partial charge in [0.1, 0.15) is 0 Å². The summed E-state index contributed by atoms with van der Waals surface area (Å²) in [7, 11) is 0. The third kappa shape index (κ3) is 2.72. The van der Waals surface area contributed by atoms with Crippen LogP contribution in [0, 0.1) is 5.92 Å². The Balaban J connectivity index is 5.25. The van der Waals surface area contributed by atoms with Crippen LogP contribution < -0.4 is 0 Å². The van der Waals surface area contributed by atoms with E-state index in [0.29, 0.717) is 0 Å². The molecule has 0 saturated carbocycles. The summed E-state index contributed by atoms with van der Waals surface area (Å²) in [4.78, 5) is 10.00. The fourth-order valence-corrected chi connectivity index (χ4v) is 0.830. The van der Waals surface area contributed by atoms with Gasteiger partial charge in [0.2, 0.25) is 0 Å². The molecule has 0 saturated heterocycles. The quantitative estimate of drug-likeness (QED) is 0.750. The minimum Gasteiger partial charge on any atom is -0.481 e. The third-order valence-corrected chi connectivity index (χ3v) is 1.52.